The highest BCUT2D eigenvalue weighted by atomic mass is 19.1. The number of hydrogen-bond acceptors (Lipinski definition) is 6. The summed E-state index contributed by atoms with van der Waals surface area (Å²) >= 11 is 0. The van der Waals surface area contributed by atoms with Crippen LogP contribution < -0.4 is 4.74 Å². The number of aromatic nitrogens is 1. The van der Waals surface area contributed by atoms with Crippen molar-refractivity contribution in [3.8, 4) is 5.75 Å². The van der Waals surface area contributed by atoms with Crippen LogP contribution in [0, 0.1) is 5.82 Å². The summed E-state index contributed by atoms with van der Waals surface area (Å²) in [5.41, 5.74) is 0.670. The first-order chi connectivity index (χ1) is 14.9. The minimum atomic E-state index is -0.796. The van der Waals surface area contributed by atoms with Gasteiger partial charge in [-0.2, -0.15) is 0 Å². The molecule has 1 saturated heterocycles. The molecule has 164 valence electrons. The predicted molar refractivity (Wildman–Crippen MR) is 114 cm³/mol. The summed E-state index contributed by atoms with van der Waals surface area (Å²) in [4.78, 5) is 33.4. The van der Waals surface area contributed by atoms with Crippen molar-refractivity contribution in [2.45, 2.75) is 19.9 Å². The third-order valence-corrected chi connectivity index (χ3v) is 5.54. The first-order valence-corrected chi connectivity index (χ1v) is 10.2. The molecule has 1 N–H and O–H groups in total. The first-order valence-electron chi connectivity index (χ1n) is 10.2. The maximum absolute atomic E-state index is 14.2. The van der Waals surface area contributed by atoms with Crippen LogP contribution in [0.4, 0.5) is 4.39 Å². The SMILES string of the molecule is CCN(CC)CCN1C(=O)C(=O)/C(=C(/O)c2ccc(OC)c(F)c2)C1c1ccncc1. The van der Waals surface area contributed by atoms with Gasteiger partial charge in [0.15, 0.2) is 11.6 Å². The van der Waals surface area contributed by atoms with Crippen molar-refractivity contribution in [2.75, 3.05) is 33.3 Å². The van der Waals surface area contributed by atoms with Crippen LogP contribution >= 0.6 is 0 Å². The first kappa shape index (κ1) is 22.4. The summed E-state index contributed by atoms with van der Waals surface area (Å²) in [5.74, 6) is -2.57. The standard InChI is InChI=1S/C23H26FN3O4/c1-4-26(5-2)12-13-27-20(15-8-10-25-11-9-15)19(22(29)23(27)30)21(28)16-6-7-18(31-3)17(24)14-16/h6-11,14,20,28H,4-5,12-13H2,1-3H3/b21-19+. The molecule has 0 spiro atoms. The summed E-state index contributed by atoms with van der Waals surface area (Å²) in [6.45, 7) is 6.56. The number of benzene rings is 1. The van der Waals surface area contributed by atoms with Crippen molar-refractivity contribution >= 4 is 17.4 Å². The molecule has 7 nitrogen and oxygen atoms in total. The Hall–Kier alpha value is -3.26. The van der Waals surface area contributed by atoms with E-state index in [2.05, 4.69) is 9.88 Å². The van der Waals surface area contributed by atoms with Gasteiger partial charge in [-0.25, -0.2) is 4.39 Å². The summed E-state index contributed by atoms with van der Waals surface area (Å²) in [6.07, 6.45) is 3.12. The van der Waals surface area contributed by atoms with Crippen molar-refractivity contribution in [2.24, 2.45) is 0 Å². The maximum Gasteiger partial charge on any atom is 0.295 e. The highest BCUT2D eigenvalue weighted by Gasteiger charge is 2.46. The second-order valence-corrected chi connectivity index (χ2v) is 7.15. The zero-order chi connectivity index (χ0) is 22.5. The molecule has 2 heterocycles. The van der Waals surface area contributed by atoms with Gasteiger partial charge in [-0.3, -0.25) is 14.6 Å². The average molecular weight is 427 g/mol. The summed E-state index contributed by atoms with van der Waals surface area (Å²) in [6, 6.07) is 6.50. The number of likely N-dealkylation sites (N-methyl/N-ethyl adjacent to an activating group) is 1. The Kier molecular flexibility index (Phi) is 7.02. The Morgan fingerprint density at radius 2 is 1.87 bits per heavy atom. The molecule has 8 heteroatoms. The van der Waals surface area contributed by atoms with Gasteiger partial charge in [0.25, 0.3) is 11.7 Å². The van der Waals surface area contributed by atoms with E-state index in [1.807, 2.05) is 13.8 Å². The summed E-state index contributed by atoms with van der Waals surface area (Å²) in [5, 5.41) is 11.0. The zero-order valence-corrected chi connectivity index (χ0v) is 17.8. The second kappa shape index (κ2) is 9.70. The number of pyridine rings is 1. The molecule has 1 amide bonds. The minimum absolute atomic E-state index is 0.0157. The number of aliphatic hydroxyl groups excluding tert-OH is 1. The molecule has 0 bridgehead atoms. The number of ether oxygens (including phenoxy) is 1. The monoisotopic (exact) mass is 427 g/mol. The minimum Gasteiger partial charge on any atom is -0.507 e. The van der Waals surface area contributed by atoms with Gasteiger partial charge in [0.05, 0.1) is 18.7 Å². The average Bonchev–Trinajstić information content (AvgIpc) is 3.04. The normalized spacial score (nSPS) is 18.1. The van der Waals surface area contributed by atoms with Gasteiger partial charge >= 0.3 is 0 Å². The summed E-state index contributed by atoms with van der Waals surface area (Å²) < 4.78 is 19.1. The fourth-order valence-electron chi connectivity index (χ4n) is 3.76. The highest BCUT2D eigenvalue weighted by molar-refractivity contribution is 6.46. The third-order valence-electron chi connectivity index (χ3n) is 5.54. The van der Waals surface area contributed by atoms with Crippen LogP contribution in [-0.2, 0) is 9.59 Å². The number of hydrogen-bond donors (Lipinski definition) is 1. The van der Waals surface area contributed by atoms with Crippen molar-refractivity contribution in [3.63, 3.8) is 0 Å². The molecular weight excluding hydrogens is 401 g/mol. The third kappa shape index (κ3) is 4.44. The zero-order valence-electron chi connectivity index (χ0n) is 17.8. The van der Waals surface area contributed by atoms with E-state index < -0.39 is 29.3 Å². The number of likely N-dealkylation sites (tertiary alicyclic amines) is 1. The van der Waals surface area contributed by atoms with Gasteiger partial charge < -0.3 is 19.6 Å². The van der Waals surface area contributed by atoms with Gasteiger partial charge in [0, 0.05) is 31.0 Å². The molecule has 1 aliphatic heterocycles. The lowest BCUT2D eigenvalue weighted by atomic mass is 9.96. The molecule has 0 saturated carbocycles. The van der Waals surface area contributed by atoms with Crippen LogP contribution in [0.5, 0.6) is 5.75 Å². The quantitative estimate of drug-likeness (QED) is 0.396. The molecule has 31 heavy (non-hydrogen) atoms. The number of amides is 1. The molecule has 2 aromatic rings. The number of nitrogens with zero attached hydrogens (tertiary/aromatic N) is 3. The van der Waals surface area contributed by atoms with Crippen LogP contribution in [0.15, 0.2) is 48.3 Å². The molecular formula is C23H26FN3O4. The number of halogens is 1. The Morgan fingerprint density at radius 3 is 2.45 bits per heavy atom. The molecule has 1 atom stereocenters. The number of methoxy groups -OCH3 is 1. The van der Waals surface area contributed by atoms with Gasteiger partial charge in [-0.15, -0.1) is 0 Å². The Labute approximate surface area is 180 Å². The molecule has 1 unspecified atom stereocenters. The van der Waals surface area contributed by atoms with Crippen LogP contribution in [0.2, 0.25) is 0 Å². The van der Waals surface area contributed by atoms with Gasteiger partial charge in [0.1, 0.15) is 5.76 Å². The topological polar surface area (TPSA) is 83.0 Å². The van der Waals surface area contributed by atoms with Crippen LogP contribution in [0.3, 0.4) is 0 Å². The largest absolute Gasteiger partial charge is 0.507 e. The second-order valence-electron chi connectivity index (χ2n) is 7.15. The molecule has 1 aliphatic rings. The number of ketones is 1. The number of aliphatic hydroxyl groups is 1. The van der Waals surface area contributed by atoms with E-state index in [-0.39, 0.29) is 16.9 Å². The Morgan fingerprint density at radius 1 is 1.19 bits per heavy atom. The highest BCUT2D eigenvalue weighted by Crippen LogP contribution is 2.39. The molecule has 0 radical (unpaired) electrons. The van der Waals surface area contributed by atoms with Gasteiger partial charge in [-0.05, 0) is 49.0 Å². The van der Waals surface area contributed by atoms with E-state index >= 15 is 0 Å². The van der Waals surface area contributed by atoms with Crippen molar-refractivity contribution < 1.29 is 23.8 Å². The van der Waals surface area contributed by atoms with E-state index in [1.165, 1.54) is 24.1 Å². The molecule has 1 aromatic heterocycles. The Balaban J connectivity index is 2.08. The lowest BCUT2D eigenvalue weighted by Gasteiger charge is -2.28. The number of rotatable bonds is 8. The van der Waals surface area contributed by atoms with Crippen molar-refractivity contribution in [1.29, 1.82) is 0 Å². The van der Waals surface area contributed by atoms with E-state index in [0.717, 1.165) is 19.2 Å². The number of carbonyl (C=O) groups is 2. The Bertz CT molecular complexity index is 990. The van der Waals surface area contributed by atoms with Crippen LogP contribution in [0.1, 0.15) is 31.0 Å². The number of carbonyl (C=O) groups excluding carboxylic acids is 2. The molecule has 0 aliphatic carbocycles. The van der Waals surface area contributed by atoms with Crippen LogP contribution in [-0.4, -0.2) is 64.9 Å². The molecule has 1 aromatic carbocycles. The van der Waals surface area contributed by atoms with Crippen molar-refractivity contribution in [3.05, 3.63) is 65.2 Å². The fourth-order valence-corrected chi connectivity index (χ4v) is 3.76. The molecule has 1 fully saturated rings. The van der Waals surface area contributed by atoms with E-state index in [1.54, 1.807) is 24.5 Å². The van der Waals surface area contributed by atoms with E-state index in [0.29, 0.717) is 18.7 Å². The smallest absolute Gasteiger partial charge is 0.295 e. The fraction of sp³-hybridized carbons (Fsp3) is 0.348. The predicted octanol–water partition coefficient (Wildman–Crippen LogP) is 2.99. The van der Waals surface area contributed by atoms with Crippen molar-refractivity contribution in [1.82, 2.24) is 14.8 Å². The van der Waals surface area contributed by atoms with E-state index in [4.69, 9.17) is 4.74 Å². The van der Waals surface area contributed by atoms with E-state index in [9.17, 15) is 19.1 Å². The van der Waals surface area contributed by atoms with Gasteiger partial charge in [-0.1, -0.05) is 13.8 Å². The lowest BCUT2D eigenvalue weighted by Crippen LogP contribution is -2.38. The van der Waals surface area contributed by atoms with Gasteiger partial charge in [0.2, 0.25) is 0 Å². The molecule has 3 rings (SSSR count). The number of Topliss-reactive ketones (excluding diaryl/α,β-unsaturated/α-hetero) is 1. The van der Waals surface area contributed by atoms with Crippen LogP contribution in [0.25, 0.3) is 5.76 Å². The maximum atomic E-state index is 14.2. The lowest BCUT2D eigenvalue weighted by molar-refractivity contribution is -0.140. The summed E-state index contributed by atoms with van der Waals surface area (Å²) in [7, 11) is 1.34.